The highest BCUT2D eigenvalue weighted by molar-refractivity contribution is 5.93. The van der Waals surface area contributed by atoms with Crippen molar-refractivity contribution in [3.05, 3.63) is 64.3 Å². The predicted octanol–water partition coefficient (Wildman–Crippen LogP) is 3.22. The van der Waals surface area contributed by atoms with Gasteiger partial charge in [-0.2, -0.15) is 18.3 Å². The second kappa shape index (κ2) is 7.49. The minimum absolute atomic E-state index is 0.0537. The van der Waals surface area contributed by atoms with Gasteiger partial charge < -0.3 is 5.32 Å². The number of amides is 1. The zero-order valence-electron chi connectivity index (χ0n) is 16.5. The molecule has 4 aromatic rings. The molecule has 0 saturated carbocycles. The van der Waals surface area contributed by atoms with Crippen LogP contribution in [0.1, 0.15) is 31.1 Å². The summed E-state index contributed by atoms with van der Waals surface area (Å²) < 4.78 is 42.3. The quantitative estimate of drug-likeness (QED) is 0.537. The van der Waals surface area contributed by atoms with Crippen molar-refractivity contribution in [1.82, 2.24) is 24.4 Å². The number of nitrogens with one attached hydrogen (secondary N) is 1. The molecule has 0 saturated heterocycles. The van der Waals surface area contributed by atoms with E-state index in [-0.39, 0.29) is 29.1 Å². The molecule has 3 aromatic heterocycles. The maximum absolute atomic E-state index is 13.1. The number of benzene rings is 1. The first-order valence-corrected chi connectivity index (χ1v) is 9.35. The summed E-state index contributed by atoms with van der Waals surface area (Å²) in [5.74, 6) is -0.491. The van der Waals surface area contributed by atoms with Crippen LogP contribution in [0.2, 0.25) is 0 Å². The van der Waals surface area contributed by atoms with Gasteiger partial charge in [0, 0.05) is 29.4 Å². The number of anilines is 1. The topological polar surface area (TPSA) is 94.2 Å². The number of halogens is 3. The van der Waals surface area contributed by atoms with Crippen LogP contribution >= 0.6 is 0 Å². The molecule has 1 amide bonds. The maximum atomic E-state index is 13.1. The second-order valence-corrected chi connectivity index (χ2v) is 7.28. The van der Waals surface area contributed by atoms with E-state index in [2.05, 4.69) is 20.6 Å². The van der Waals surface area contributed by atoms with Crippen LogP contribution in [0.25, 0.3) is 16.6 Å². The summed E-state index contributed by atoms with van der Waals surface area (Å²) in [4.78, 5) is 25.4. The maximum Gasteiger partial charge on any atom is 0.416 e. The molecule has 0 atom stereocenters. The number of carbonyl (C=O) groups is 1. The second-order valence-electron chi connectivity index (χ2n) is 7.28. The Bertz CT molecular complexity index is 1360. The third-order valence-corrected chi connectivity index (χ3v) is 4.71. The van der Waals surface area contributed by atoms with Crippen molar-refractivity contribution in [3.63, 3.8) is 0 Å². The Balaban J connectivity index is 1.68. The van der Waals surface area contributed by atoms with Crippen molar-refractivity contribution in [3.8, 4) is 0 Å². The summed E-state index contributed by atoms with van der Waals surface area (Å²) in [6, 6.07) is 5.81. The van der Waals surface area contributed by atoms with E-state index in [9.17, 15) is 22.8 Å². The molecule has 3 heterocycles. The molecule has 0 aliphatic heterocycles. The smallest absolute Gasteiger partial charge is 0.326 e. The Kier molecular flexibility index (Phi) is 4.96. The fourth-order valence-electron chi connectivity index (χ4n) is 3.24. The van der Waals surface area contributed by atoms with E-state index in [0.717, 1.165) is 18.2 Å². The van der Waals surface area contributed by atoms with Crippen molar-refractivity contribution in [2.45, 2.75) is 32.5 Å². The predicted molar refractivity (Wildman–Crippen MR) is 107 cm³/mol. The highest BCUT2D eigenvalue weighted by Gasteiger charge is 2.31. The summed E-state index contributed by atoms with van der Waals surface area (Å²) >= 11 is 0. The number of carbonyl (C=O) groups excluding carboxylic acids is 1. The molecular weight excluding hydrogens is 413 g/mol. The molecule has 4 rings (SSSR count). The Labute approximate surface area is 173 Å². The average molecular weight is 430 g/mol. The molecule has 0 fully saturated rings. The molecule has 31 heavy (non-hydrogen) atoms. The van der Waals surface area contributed by atoms with Gasteiger partial charge in [-0.15, -0.1) is 10.2 Å². The van der Waals surface area contributed by atoms with E-state index in [0.29, 0.717) is 11.3 Å². The zero-order chi connectivity index (χ0) is 22.3. The van der Waals surface area contributed by atoms with Crippen molar-refractivity contribution < 1.29 is 18.0 Å². The first-order valence-electron chi connectivity index (χ1n) is 9.35. The first kappa shape index (κ1) is 20.5. The van der Waals surface area contributed by atoms with Gasteiger partial charge in [-0.25, -0.2) is 0 Å². The Morgan fingerprint density at radius 1 is 1.19 bits per heavy atom. The van der Waals surface area contributed by atoms with Gasteiger partial charge in [0.15, 0.2) is 5.65 Å². The summed E-state index contributed by atoms with van der Waals surface area (Å²) in [7, 11) is 0. The largest absolute Gasteiger partial charge is 0.416 e. The van der Waals surface area contributed by atoms with Crippen LogP contribution in [0, 0.1) is 0 Å². The van der Waals surface area contributed by atoms with Crippen LogP contribution in [0.5, 0.6) is 0 Å². The number of hydrogen-bond donors (Lipinski definition) is 1. The monoisotopic (exact) mass is 430 g/mol. The SMILES string of the molecule is CC(C)n1nc(CC(=O)Nc2ccn3cnnc3c2)c(=O)c2ccc(C(F)(F)F)cc21. The summed E-state index contributed by atoms with van der Waals surface area (Å²) in [5.41, 5.74) is -0.443. The number of alkyl halides is 3. The number of hydrogen-bond acceptors (Lipinski definition) is 5. The zero-order valence-corrected chi connectivity index (χ0v) is 16.5. The highest BCUT2D eigenvalue weighted by Crippen LogP contribution is 2.31. The number of aromatic nitrogens is 5. The molecule has 11 heteroatoms. The van der Waals surface area contributed by atoms with E-state index < -0.39 is 23.1 Å². The van der Waals surface area contributed by atoms with Gasteiger partial charge in [0.1, 0.15) is 12.0 Å². The number of rotatable bonds is 4. The number of fused-ring (bicyclic) bond motifs is 2. The lowest BCUT2D eigenvalue weighted by Crippen LogP contribution is -2.25. The fourth-order valence-corrected chi connectivity index (χ4v) is 3.24. The van der Waals surface area contributed by atoms with Gasteiger partial charge >= 0.3 is 6.18 Å². The van der Waals surface area contributed by atoms with E-state index in [1.807, 2.05) is 0 Å². The highest BCUT2D eigenvalue weighted by atomic mass is 19.4. The molecule has 0 radical (unpaired) electrons. The molecule has 0 unspecified atom stereocenters. The minimum Gasteiger partial charge on any atom is -0.326 e. The number of nitrogens with zero attached hydrogens (tertiary/aromatic N) is 5. The normalized spacial score (nSPS) is 12.1. The molecular formula is C20H17F3N6O2. The van der Waals surface area contributed by atoms with E-state index >= 15 is 0 Å². The van der Waals surface area contributed by atoms with Crippen LogP contribution in [0.3, 0.4) is 0 Å². The first-order chi connectivity index (χ1) is 14.6. The third kappa shape index (κ3) is 3.98. The Morgan fingerprint density at radius 2 is 1.97 bits per heavy atom. The lowest BCUT2D eigenvalue weighted by Gasteiger charge is -2.17. The van der Waals surface area contributed by atoms with Gasteiger partial charge in [-0.05, 0) is 38.1 Å². The van der Waals surface area contributed by atoms with Gasteiger partial charge in [-0.1, -0.05) is 0 Å². The molecule has 8 nitrogen and oxygen atoms in total. The molecule has 0 aliphatic carbocycles. The van der Waals surface area contributed by atoms with E-state index in [1.165, 1.54) is 11.0 Å². The average Bonchev–Trinajstić information content (AvgIpc) is 3.16. The summed E-state index contributed by atoms with van der Waals surface area (Å²) in [6.45, 7) is 3.46. The van der Waals surface area contributed by atoms with E-state index in [4.69, 9.17) is 0 Å². The lowest BCUT2D eigenvalue weighted by atomic mass is 10.1. The molecule has 0 bridgehead atoms. The molecule has 1 aromatic carbocycles. The van der Waals surface area contributed by atoms with Crippen molar-refractivity contribution in [1.29, 1.82) is 0 Å². The Hall–Kier alpha value is -3.76. The van der Waals surface area contributed by atoms with Crippen LogP contribution in [-0.2, 0) is 17.4 Å². The van der Waals surface area contributed by atoms with Crippen molar-refractivity contribution in [2.75, 3.05) is 5.32 Å². The van der Waals surface area contributed by atoms with Crippen LogP contribution in [0.15, 0.2) is 47.7 Å². The third-order valence-electron chi connectivity index (χ3n) is 4.71. The Morgan fingerprint density at radius 3 is 2.68 bits per heavy atom. The summed E-state index contributed by atoms with van der Waals surface area (Å²) in [6.07, 6.45) is -1.70. The van der Waals surface area contributed by atoms with Gasteiger partial charge in [0.05, 0.1) is 17.5 Å². The van der Waals surface area contributed by atoms with Crippen molar-refractivity contribution >= 4 is 28.1 Å². The molecule has 1 N–H and O–H groups in total. The molecule has 0 aliphatic rings. The van der Waals surface area contributed by atoms with Crippen LogP contribution < -0.4 is 10.7 Å². The fraction of sp³-hybridized carbons (Fsp3) is 0.250. The van der Waals surface area contributed by atoms with Gasteiger partial charge in [-0.3, -0.25) is 18.7 Å². The van der Waals surface area contributed by atoms with Gasteiger partial charge in [0.25, 0.3) is 0 Å². The van der Waals surface area contributed by atoms with Crippen LogP contribution in [-0.4, -0.2) is 30.3 Å². The lowest BCUT2D eigenvalue weighted by molar-refractivity contribution is -0.137. The summed E-state index contributed by atoms with van der Waals surface area (Å²) in [5, 5.41) is 14.6. The molecule has 0 spiro atoms. The minimum atomic E-state index is -4.55. The number of pyridine rings is 1. The van der Waals surface area contributed by atoms with Gasteiger partial charge in [0.2, 0.25) is 11.3 Å². The molecule has 160 valence electrons. The standard InChI is InChI=1S/C20H17F3N6O2/c1-11(2)29-16-7-12(20(21,22)23)3-4-14(16)19(31)15(27-29)9-18(30)25-13-5-6-28-10-24-26-17(28)8-13/h3-8,10-11H,9H2,1-2H3,(H,25,30). The van der Waals surface area contributed by atoms with Crippen molar-refractivity contribution in [2.24, 2.45) is 0 Å². The van der Waals surface area contributed by atoms with E-state index in [1.54, 1.807) is 36.6 Å². The van der Waals surface area contributed by atoms with Crippen LogP contribution in [0.4, 0.5) is 18.9 Å².